The Bertz CT molecular complexity index is 1530. The predicted molar refractivity (Wildman–Crippen MR) is 136 cm³/mol. The lowest BCUT2D eigenvalue weighted by molar-refractivity contribution is -0.137. The van der Waals surface area contributed by atoms with Crippen molar-refractivity contribution in [2.75, 3.05) is 36.5 Å². The molecule has 6 rings (SSSR count). The maximum atomic E-state index is 13.8. The minimum absolute atomic E-state index is 0.227. The lowest BCUT2D eigenvalue weighted by atomic mass is 10.1. The van der Waals surface area contributed by atoms with E-state index in [4.69, 9.17) is 10.5 Å². The molecule has 2 aromatic heterocycles. The van der Waals surface area contributed by atoms with Gasteiger partial charge in [-0.25, -0.2) is 9.98 Å². The Labute approximate surface area is 211 Å². The summed E-state index contributed by atoms with van der Waals surface area (Å²) in [6.07, 6.45) is -4.99. The molecule has 0 saturated carbocycles. The number of rotatable bonds is 3. The van der Waals surface area contributed by atoms with Gasteiger partial charge in [0.15, 0.2) is 12.1 Å². The van der Waals surface area contributed by atoms with Crippen molar-refractivity contribution in [2.45, 2.75) is 26.2 Å². The molecule has 0 bridgehead atoms. The number of ether oxygens (including phenoxy) is 1. The highest BCUT2D eigenvalue weighted by Gasteiger charge is 2.33. The Morgan fingerprint density at radius 2 is 1.78 bits per heavy atom. The van der Waals surface area contributed by atoms with Gasteiger partial charge in [-0.15, -0.1) is 0 Å². The van der Waals surface area contributed by atoms with Crippen molar-refractivity contribution < 1.29 is 17.9 Å². The molecule has 0 spiro atoms. The first-order valence-corrected chi connectivity index (χ1v) is 12.0. The molecule has 0 radical (unpaired) electrons. The van der Waals surface area contributed by atoms with Crippen LogP contribution in [-0.4, -0.2) is 46.4 Å². The van der Waals surface area contributed by atoms with Crippen LogP contribution in [0.2, 0.25) is 0 Å². The molecular formula is C26H26F3N7O. The molecule has 0 unspecified atom stereocenters. The average molecular weight is 510 g/mol. The van der Waals surface area contributed by atoms with E-state index >= 15 is 0 Å². The van der Waals surface area contributed by atoms with E-state index in [0.717, 1.165) is 39.7 Å². The van der Waals surface area contributed by atoms with Crippen molar-refractivity contribution in [2.24, 2.45) is 10.7 Å². The highest BCUT2D eigenvalue weighted by molar-refractivity contribution is 5.94. The van der Waals surface area contributed by atoms with E-state index in [1.54, 1.807) is 6.07 Å². The Morgan fingerprint density at radius 1 is 1.03 bits per heavy atom. The first-order chi connectivity index (χ1) is 17.7. The van der Waals surface area contributed by atoms with Gasteiger partial charge in [0.25, 0.3) is 0 Å². The molecule has 4 aromatic rings. The number of nitrogens with one attached hydrogen (secondary N) is 1. The van der Waals surface area contributed by atoms with Crippen LogP contribution < -0.4 is 16.0 Å². The zero-order valence-corrected chi connectivity index (χ0v) is 20.4. The number of hydrogen-bond donors (Lipinski definition) is 2. The number of para-hydroxylation sites is 2. The Morgan fingerprint density at radius 3 is 2.54 bits per heavy atom. The van der Waals surface area contributed by atoms with Gasteiger partial charge in [-0.1, -0.05) is 12.1 Å². The standard InChI is InChI=1S/C26H26F3N7O/c1-15-13-18(23-32-24(30)33-25-31-19-5-3-4-6-20(19)36(23)25)16(2)35(15)22-14-17(26(27,28)29)7-8-21(22)34-9-11-37-12-10-34/h3-8,13-14,23H,9-12H2,1-2H3,(H3,30,31,32,33)/t23-/m1/s1. The van der Waals surface area contributed by atoms with Gasteiger partial charge in [0.1, 0.15) is 0 Å². The number of morpholine rings is 1. The first kappa shape index (κ1) is 23.4. The second-order valence-electron chi connectivity index (χ2n) is 9.27. The minimum Gasteiger partial charge on any atom is -0.378 e. The SMILES string of the molecule is Cc1cc([C@@H]2N=C(N)Nc3nc4ccccc4n32)c(C)n1-c1cc(C(F)(F)F)ccc1N1CCOCC1. The summed E-state index contributed by atoms with van der Waals surface area (Å²) in [6.45, 7) is 6.04. The monoisotopic (exact) mass is 509 g/mol. The van der Waals surface area contributed by atoms with Gasteiger partial charge >= 0.3 is 6.18 Å². The molecule has 192 valence electrons. The van der Waals surface area contributed by atoms with Gasteiger partial charge in [0.2, 0.25) is 5.95 Å². The number of alkyl halides is 3. The number of hydrogen-bond acceptors (Lipinski definition) is 6. The first-order valence-electron chi connectivity index (χ1n) is 12.0. The third-order valence-electron chi connectivity index (χ3n) is 6.99. The van der Waals surface area contributed by atoms with Crippen molar-refractivity contribution in [3.05, 3.63) is 71.0 Å². The van der Waals surface area contributed by atoms with E-state index in [1.165, 1.54) is 6.07 Å². The second-order valence-corrected chi connectivity index (χ2v) is 9.27. The molecule has 37 heavy (non-hydrogen) atoms. The molecule has 1 fully saturated rings. The Hall–Kier alpha value is -3.99. The molecule has 1 saturated heterocycles. The fourth-order valence-electron chi connectivity index (χ4n) is 5.30. The van der Waals surface area contributed by atoms with Crippen LogP contribution in [0.15, 0.2) is 53.5 Å². The smallest absolute Gasteiger partial charge is 0.378 e. The average Bonchev–Trinajstić information content (AvgIpc) is 3.39. The van der Waals surface area contributed by atoms with Crippen LogP contribution in [0.25, 0.3) is 16.7 Å². The molecule has 0 aliphatic carbocycles. The number of nitrogens with two attached hydrogens (primary N) is 1. The molecule has 4 heterocycles. The summed E-state index contributed by atoms with van der Waals surface area (Å²) < 4.78 is 50.7. The minimum atomic E-state index is -4.46. The van der Waals surface area contributed by atoms with Crippen LogP contribution in [0.5, 0.6) is 0 Å². The number of guanidine groups is 1. The zero-order chi connectivity index (χ0) is 25.9. The molecule has 11 heteroatoms. The van der Waals surface area contributed by atoms with Gasteiger partial charge in [-0.3, -0.25) is 9.88 Å². The van der Waals surface area contributed by atoms with E-state index in [9.17, 15) is 13.2 Å². The zero-order valence-electron chi connectivity index (χ0n) is 20.4. The van der Waals surface area contributed by atoms with Crippen molar-refractivity contribution in [1.29, 1.82) is 0 Å². The van der Waals surface area contributed by atoms with Crippen LogP contribution in [0.1, 0.15) is 28.7 Å². The van der Waals surface area contributed by atoms with Gasteiger partial charge in [-0.05, 0) is 50.2 Å². The number of imidazole rings is 1. The molecule has 0 amide bonds. The quantitative estimate of drug-likeness (QED) is 0.422. The summed E-state index contributed by atoms with van der Waals surface area (Å²) in [5, 5.41) is 3.03. The second kappa shape index (κ2) is 8.55. The third kappa shape index (κ3) is 3.90. The lowest BCUT2D eigenvalue weighted by Gasteiger charge is -2.32. The fourth-order valence-corrected chi connectivity index (χ4v) is 5.30. The predicted octanol–water partition coefficient (Wildman–Crippen LogP) is 4.59. The van der Waals surface area contributed by atoms with Crippen LogP contribution in [0.4, 0.5) is 24.8 Å². The van der Waals surface area contributed by atoms with Crippen molar-refractivity contribution in [1.82, 2.24) is 14.1 Å². The molecule has 1 atom stereocenters. The highest BCUT2D eigenvalue weighted by Crippen LogP contribution is 2.39. The molecule has 8 nitrogen and oxygen atoms in total. The summed E-state index contributed by atoms with van der Waals surface area (Å²) in [5.74, 6) is 0.794. The molecular weight excluding hydrogens is 483 g/mol. The number of aryl methyl sites for hydroxylation is 1. The van der Waals surface area contributed by atoms with Crippen molar-refractivity contribution >= 4 is 28.6 Å². The van der Waals surface area contributed by atoms with Gasteiger partial charge in [0.05, 0.1) is 41.2 Å². The Kier molecular flexibility index (Phi) is 5.41. The summed E-state index contributed by atoms with van der Waals surface area (Å²) in [7, 11) is 0. The van der Waals surface area contributed by atoms with E-state index in [-0.39, 0.29) is 5.96 Å². The summed E-state index contributed by atoms with van der Waals surface area (Å²) in [4.78, 5) is 11.4. The number of benzene rings is 2. The number of nitrogens with zero attached hydrogens (tertiary/aromatic N) is 5. The fraction of sp³-hybridized carbons (Fsp3) is 0.308. The number of aliphatic imine (C=N–C) groups is 1. The molecule has 2 aromatic carbocycles. The van der Waals surface area contributed by atoms with Gasteiger partial charge in [0, 0.05) is 30.0 Å². The van der Waals surface area contributed by atoms with Crippen LogP contribution in [0, 0.1) is 13.8 Å². The molecule has 3 N–H and O–H groups in total. The number of aromatic nitrogens is 3. The number of anilines is 2. The highest BCUT2D eigenvalue weighted by atomic mass is 19.4. The maximum absolute atomic E-state index is 13.8. The number of fused-ring (bicyclic) bond motifs is 3. The summed E-state index contributed by atoms with van der Waals surface area (Å²) in [6, 6.07) is 13.6. The maximum Gasteiger partial charge on any atom is 0.416 e. The van der Waals surface area contributed by atoms with Gasteiger partial charge in [-0.2, -0.15) is 13.2 Å². The van der Waals surface area contributed by atoms with E-state index in [0.29, 0.717) is 37.9 Å². The van der Waals surface area contributed by atoms with E-state index < -0.39 is 17.9 Å². The number of halogens is 3. The summed E-state index contributed by atoms with van der Waals surface area (Å²) >= 11 is 0. The van der Waals surface area contributed by atoms with E-state index in [2.05, 4.69) is 20.2 Å². The van der Waals surface area contributed by atoms with Crippen molar-refractivity contribution in [3.8, 4) is 5.69 Å². The Balaban J connectivity index is 1.54. The molecule has 2 aliphatic heterocycles. The van der Waals surface area contributed by atoms with Crippen LogP contribution >= 0.6 is 0 Å². The lowest BCUT2D eigenvalue weighted by Crippen LogP contribution is -2.37. The van der Waals surface area contributed by atoms with Crippen molar-refractivity contribution in [3.63, 3.8) is 0 Å². The summed E-state index contributed by atoms with van der Waals surface area (Å²) in [5.41, 5.74) is 10.7. The van der Waals surface area contributed by atoms with E-state index in [1.807, 2.05) is 53.3 Å². The molecule has 2 aliphatic rings. The van der Waals surface area contributed by atoms with Crippen LogP contribution in [-0.2, 0) is 10.9 Å². The van der Waals surface area contributed by atoms with Crippen LogP contribution in [0.3, 0.4) is 0 Å². The third-order valence-corrected chi connectivity index (χ3v) is 6.99. The van der Waals surface area contributed by atoms with Gasteiger partial charge < -0.3 is 19.9 Å². The largest absolute Gasteiger partial charge is 0.416 e. The topological polar surface area (TPSA) is 85.6 Å². The normalized spacial score (nSPS) is 18.0.